The van der Waals surface area contributed by atoms with Gasteiger partial charge in [0, 0.05) is 12.1 Å². The second-order valence-electron chi connectivity index (χ2n) is 4.10. The molecule has 112 valence electrons. The summed E-state index contributed by atoms with van der Waals surface area (Å²) < 4.78 is 65.9. The molecule has 0 atom stereocenters. The minimum absolute atomic E-state index is 0.323. The Balaban J connectivity index is 2.26. The summed E-state index contributed by atoms with van der Waals surface area (Å²) in [7, 11) is -4.09. The Morgan fingerprint density at radius 3 is 2.48 bits per heavy atom. The highest BCUT2D eigenvalue weighted by Crippen LogP contribution is 2.21. The average Bonchev–Trinajstić information content (AvgIpc) is 2.43. The number of nitrogens with one attached hydrogen (secondary N) is 1. The van der Waals surface area contributed by atoms with Crippen LogP contribution in [-0.2, 0) is 16.6 Å². The van der Waals surface area contributed by atoms with Gasteiger partial charge in [0.2, 0.25) is 10.0 Å². The molecule has 0 fully saturated rings. The largest absolute Gasteiger partial charge is 0.240 e. The van der Waals surface area contributed by atoms with Crippen LogP contribution in [0.15, 0.2) is 41.3 Å². The van der Waals surface area contributed by atoms with E-state index in [2.05, 4.69) is 0 Å². The molecule has 2 rings (SSSR count). The fourth-order valence-electron chi connectivity index (χ4n) is 1.62. The van der Waals surface area contributed by atoms with E-state index in [1.165, 1.54) is 6.07 Å². The zero-order chi connectivity index (χ0) is 15.6. The van der Waals surface area contributed by atoms with E-state index < -0.39 is 39.6 Å². The molecule has 0 bridgehead atoms. The maximum Gasteiger partial charge on any atom is 0.240 e. The molecule has 1 N–H and O–H groups in total. The highest BCUT2D eigenvalue weighted by atomic mass is 35.5. The molecule has 0 radical (unpaired) electrons. The van der Waals surface area contributed by atoms with Crippen molar-refractivity contribution in [3.05, 3.63) is 64.4 Å². The predicted octanol–water partition coefficient (Wildman–Crippen LogP) is 3.24. The third-order valence-electron chi connectivity index (χ3n) is 2.68. The van der Waals surface area contributed by atoms with Crippen molar-refractivity contribution in [2.75, 3.05) is 0 Å². The van der Waals surface area contributed by atoms with Crippen molar-refractivity contribution in [3.8, 4) is 0 Å². The van der Waals surface area contributed by atoms with E-state index in [1.807, 2.05) is 4.72 Å². The summed E-state index contributed by atoms with van der Waals surface area (Å²) in [6.45, 7) is -0.642. The van der Waals surface area contributed by atoms with Crippen LogP contribution in [0.3, 0.4) is 0 Å². The van der Waals surface area contributed by atoms with Crippen LogP contribution in [0, 0.1) is 17.5 Å². The van der Waals surface area contributed by atoms with Crippen LogP contribution in [0.5, 0.6) is 0 Å². The lowest BCUT2D eigenvalue weighted by Gasteiger charge is -2.09. The smallest absolute Gasteiger partial charge is 0.207 e. The minimum atomic E-state index is -4.09. The molecule has 0 unspecified atom stereocenters. The molecule has 0 amide bonds. The zero-order valence-corrected chi connectivity index (χ0v) is 12.0. The summed E-state index contributed by atoms with van der Waals surface area (Å²) in [5.74, 6) is -2.71. The van der Waals surface area contributed by atoms with Gasteiger partial charge >= 0.3 is 0 Å². The van der Waals surface area contributed by atoms with E-state index in [0.29, 0.717) is 0 Å². The quantitative estimate of drug-likeness (QED) is 0.872. The molecule has 0 aromatic heterocycles. The van der Waals surface area contributed by atoms with Gasteiger partial charge in [0.15, 0.2) is 0 Å². The molecule has 0 aliphatic carbocycles. The molecule has 0 spiro atoms. The lowest BCUT2D eigenvalue weighted by Crippen LogP contribution is -2.24. The first kappa shape index (κ1) is 15.8. The molecular formula is C13H9ClF3NO2S. The predicted molar refractivity (Wildman–Crippen MR) is 71.8 cm³/mol. The van der Waals surface area contributed by atoms with Gasteiger partial charge in [0.1, 0.15) is 17.5 Å². The summed E-state index contributed by atoms with van der Waals surface area (Å²) in [6.07, 6.45) is 0. The zero-order valence-electron chi connectivity index (χ0n) is 10.4. The van der Waals surface area contributed by atoms with E-state index in [9.17, 15) is 21.6 Å². The SMILES string of the molecule is O=S(=O)(NCc1c(F)ccc(Cl)c1F)c1cccc(F)c1. The summed E-state index contributed by atoms with van der Waals surface area (Å²) in [5, 5.41) is -0.323. The van der Waals surface area contributed by atoms with Crippen LogP contribution in [0.1, 0.15) is 5.56 Å². The van der Waals surface area contributed by atoms with Crippen LogP contribution >= 0.6 is 11.6 Å². The lowest BCUT2D eigenvalue weighted by molar-refractivity contribution is 0.544. The van der Waals surface area contributed by atoms with Gasteiger partial charge in [-0.2, -0.15) is 0 Å². The highest BCUT2D eigenvalue weighted by Gasteiger charge is 2.18. The third kappa shape index (κ3) is 3.55. The fourth-order valence-corrected chi connectivity index (χ4v) is 2.82. The molecule has 0 saturated heterocycles. The monoisotopic (exact) mass is 335 g/mol. The van der Waals surface area contributed by atoms with E-state index in [4.69, 9.17) is 11.6 Å². The first-order valence-corrected chi connectivity index (χ1v) is 7.55. The van der Waals surface area contributed by atoms with E-state index >= 15 is 0 Å². The lowest BCUT2D eigenvalue weighted by atomic mass is 10.2. The van der Waals surface area contributed by atoms with Gasteiger partial charge in [0.25, 0.3) is 0 Å². The standard InChI is InChI=1S/C13H9ClF3NO2S/c14-11-4-5-12(16)10(13(11)17)7-18-21(19,20)9-3-1-2-8(15)6-9/h1-6,18H,7H2. The summed E-state index contributed by atoms with van der Waals surface area (Å²) in [5.41, 5.74) is -0.512. The topological polar surface area (TPSA) is 46.2 Å². The van der Waals surface area contributed by atoms with Gasteiger partial charge in [-0.1, -0.05) is 17.7 Å². The Hall–Kier alpha value is -1.57. The minimum Gasteiger partial charge on any atom is -0.207 e. The highest BCUT2D eigenvalue weighted by molar-refractivity contribution is 7.89. The molecular weight excluding hydrogens is 327 g/mol. The first-order chi connectivity index (χ1) is 9.81. The maximum absolute atomic E-state index is 13.6. The van der Waals surface area contributed by atoms with E-state index in [-0.39, 0.29) is 9.92 Å². The summed E-state index contributed by atoms with van der Waals surface area (Å²) >= 11 is 5.51. The summed E-state index contributed by atoms with van der Waals surface area (Å²) in [4.78, 5) is -0.342. The molecule has 2 aromatic carbocycles. The van der Waals surface area contributed by atoms with Crippen molar-refractivity contribution in [2.24, 2.45) is 0 Å². The molecule has 21 heavy (non-hydrogen) atoms. The fraction of sp³-hybridized carbons (Fsp3) is 0.0769. The Morgan fingerprint density at radius 2 is 1.81 bits per heavy atom. The van der Waals surface area contributed by atoms with Crippen LogP contribution in [0.2, 0.25) is 5.02 Å². The van der Waals surface area contributed by atoms with Crippen molar-refractivity contribution < 1.29 is 21.6 Å². The molecule has 0 aliphatic heterocycles. The van der Waals surface area contributed by atoms with Gasteiger partial charge in [-0.15, -0.1) is 0 Å². The molecule has 0 saturated carbocycles. The number of halogens is 4. The average molecular weight is 336 g/mol. The number of rotatable bonds is 4. The number of hydrogen-bond donors (Lipinski definition) is 1. The number of hydrogen-bond acceptors (Lipinski definition) is 2. The molecule has 0 aliphatic rings. The normalized spacial score (nSPS) is 11.6. The van der Waals surface area contributed by atoms with Crippen molar-refractivity contribution in [1.82, 2.24) is 4.72 Å². The second kappa shape index (κ2) is 6.05. The maximum atomic E-state index is 13.6. The van der Waals surface area contributed by atoms with Gasteiger partial charge < -0.3 is 0 Å². The van der Waals surface area contributed by atoms with Crippen molar-refractivity contribution in [3.63, 3.8) is 0 Å². The third-order valence-corrected chi connectivity index (χ3v) is 4.38. The Labute approximate surface area is 124 Å². The Bertz CT molecular complexity index is 781. The number of benzene rings is 2. The van der Waals surface area contributed by atoms with Gasteiger partial charge in [0.05, 0.1) is 9.92 Å². The second-order valence-corrected chi connectivity index (χ2v) is 6.28. The van der Waals surface area contributed by atoms with Crippen LogP contribution < -0.4 is 4.72 Å². The molecule has 8 heteroatoms. The molecule has 2 aromatic rings. The Kier molecular flexibility index (Phi) is 4.55. The summed E-state index contributed by atoms with van der Waals surface area (Å²) in [6, 6.07) is 6.21. The van der Waals surface area contributed by atoms with Crippen molar-refractivity contribution >= 4 is 21.6 Å². The number of sulfonamides is 1. The van der Waals surface area contributed by atoms with Crippen molar-refractivity contribution in [2.45, 2.75) is 11.4 Å². The van der Waals surface area contributed by atoms with Crippen LogP contribution in [0.25, 0.3) is 0 Å². The molecule has 0 heterocycles. The van der Waals surface area contributed by atoms with Gasteiger partial charge in [-0.25, -0.2) is 26.3 Å². The molecule has 3 nitrogen and oxygen atoms in total. The van der Waals surface area contributed by atoms with E-state index in [1.54, 1.807) is 0 Å². The van der Waals surface area contributed by atoms with Crippen LogP contribution in [-0.4, -0.2) is 8.42 Å². The first-order valence-electron chi connectivity index (χ1n) is 5.69. The van der Waals surface area contributed by atoms with Gasteiger partial charge in [-0.05, 0) is 30.3 Å². The van der Waals surface area contributed by atoms with E-state index in [0.717, 1.165) is 30.3 Å². The Morgan fingerprint density at radius 1 is 1.10 bits per heavy atom. The van der Waals surface area contributed by atoms with Gasteiger partial charge in [-0.3, -0.25) is 0 Å². The van der Waals surface area contributed by atoms with Crippen molar-refractivity contribution in [1.29, 1.82) is 0 Å². The van der Waals surface area contributed by atoms with Crippen LogP contribution in [0.4, 0.5) is 13.2 Å².